The fourth-order valence-electron chi connectivity index (χ4n) is 7.09. The summed E-state index contributed by atoms with van der Waals surface area (Å²) in [4.78, 5) is 43.5. The Labute approximate surface area is 299 Å². The number of halogens is 3. The lowest BCUT2D eigenvalue weighted by molar-refractivity contribution is -0.680. The number of carbonyl (C=O) groups is 3. The number of oxazole rings is 1. The van der Waals surface area contributed by atoms with E-state index in [1.165, 1.54) is 24.7 Å². The molecule has 3 aromatic rings. The second kappa shape index (κ2) is 15.0. The third-order valence-electron chi connectivity index (χ3n) is 10.1. The second-order valence-corrected chi connectivity index (χ2v) is 13.3. The molecule has 2 saturated heterocycles. The van der Waals surface area contributed by atoms with Crippen LogP contribution >= 0.6 is 0 Å². The Morgan fingerprint density at radius 3 is 2.19 bits per heavy atom. The Bertz CT molecular complexity index is 1920. The molecule has 3 amide bonds. The number of carboxylic acid groups (broad SMARTS) is 1. The molecule has 1 unspecified atom stereocenters. The Kier molecular flexibility index (Phi) is 10.4. The number of nitrogens with zero attached hydrogens (tertiary/aromatic N) is 4. The van der Waals surface area contributed by atoms with Crippen LogP contribution in [0.4, 0.5) is 29.7 Å². The second-order valence-electron chi connectivity index (χ2n) is 13.3. The molecule has 1 aromatic heterocycles. The third-order valence-corrected chi connectivity index (χ3v) is 10.1. The van der Waals surface area contributed by atoms with E-state index in [1.54, 1.807) is 34.1 Å². The summed E-state index contributed by atoms with van der Waals surface area (Å²) in [7, 11) is 1.27. The van der Waals surface area contributed by atoms with Crippen LogP contribution in [0.5, 0.6) is 0 Å². The molecular weight excluding hydrogens is 677 g/mol. The Morgan fingerprint density at radius 1 is 0.885 bits per heavy atom. The van der Waals surface area contributed by atoms with Gasteiger partial charge in [0.15, 0.2) is 0 Å². The van der Waals surface area contributed by atoms with Crippen LogP contribution in [0.15, 0.2) is 94.2 Å². The van der Waals surface area contributed by atoms with Crippen molar-refractivity contribution in [2.75, 3.05) is 49.5 Å². The van der Waals surface area contributed by atoms with Crippen LogP contribution in [0, 0.1) is 5.92 Å². The molecule has 2 fully saturated rings. The third kappa shape index (κ3) is 7.70. The van der Waals surface area contributed by atoms with E-state index in [2.05, 4.69) is 27.7 Å². The number of para-hydroxylation sites is 1. The van der Waals surface area contributed by atoms with Gasteiger partial charge in [0.25, 0.3) is 17.4 Å². The summed E-state index contributed by atoms with van der Waals surface area (Å²) in [5, 5.41) is 14.8. The number of nitrogens with one attached hydrogen (secondary N) is 2. The fraction of sp³-hybridized carbons (Fsp3) is 0.368. The van der Waals surface area contributed by atoms with Crippen molar-refractivity contribution in [3.8, 4) is 0 Å². The first kappa shape index (κ1) is 36.3. The van der Waals surface area contributed by atoms with Gasteiger partial charge in [0.1, 0.15) is 0 Å². The molecule has 0 bridgehead atoms. The van der Waals surface area contributed by atoms with E-state index in [1.807, 2.05) is 38.1 Å². The summed E-state index contributed by atoms with van der Waals surface area (Å²) in [6.07, 6.45) is 1.87. The number of aromatic carboxylic acids is 1. The summed E-state index contributed by atoms with van der Waals surface area (Å²) >= 11 is 0. The van der Waals surface area contributed by atoms with Crippen molar-refractivity contribution in [3.05, 3.63) is 112 Å². The monoisotopic (exact) mass is 719 g/mol. The number of alkyl halides is 3. The first-order valence-corrected chi connectivity index (χ1v) is 17.3. The predicted octanol–water partition coefficient (Wildman–Crippen LogP) is 6.15. The normalized spacial score (nSPS) is 18.6. The Hall–Kier alpha value is -5.53. The van der Waals surface area contributed by atoms with Gasteiger partial charge in [0.2, 0.25) is 0 Å². The highest BCUT2D eigenvalue weighted by molar-refractivity contribution is 6.00. The van der Waals surface area contributed by atoms with E-state index >= 15 is 0 Å². The largest absolute Gasteiger partial charge is 0.478 e. The maximum absolute atomic E-state index is 14.4. The number of hydrogen-bond donors (Lipinski definition) is 3. The zero-order chi connectivity index (χ0) is 37.2. The van der Waals surface area contributed by atoms with Crippen molar-refractivity contribution in [2.45, 2.75) is 38.8 Å². The molecule has 3 aliphatic rings. The van der Waals surface area contributed by atoms with E-state index in [0.29, 0.717) is 45.0 Å². The highest BCUT2D eigenvalue weighted by Gasteiger charge is 2.48. The summed E-state index contributed by atoms with van der Waals surface area (Å²) in [6, 6.07) is 15.8. The number of piperazine rings is 1. The van der Waals surface area contributed by atoms with E-state index in [4.69, 9.17) is 4.42 Å². The first-order chi connectivity index (χ1) is 24.8. The van der Waals surface area contributed by atoms with Gasteiger partial charge >= 0.3 is 24.2 Å². The maximum atomic E-state index is 14.4. The molecule has 0 radical (unpaired) electrons. The lowest BCUT2D eigenvalue weighted by Gasteiger charge is -2.39. The van der Waals surface area contributed by atoms with E-state index in [9.17, 15) is 32.7 Å². The predicted molar refractivity (Wildman–Crippen MR) is 188 cm³/mol. The number of aromatic nitrogens is 1. The van der Waals surface area contributed by atoms with Crippen molar-refractivity contribution in [2.24, 2.45) is 13.0 Å². The lowest BCUT2D eigenvalue weighted by atomic mass is 9.90. The number of hydrogen-bond acceptors (Lipinski definition) is 6. The molecule has 0 saturated carbocycles. The van der Waals surface area contributed by atoms with E-state index in [-0.39, 0.29) is 29.1 Å². The van der Waals surface area contributed by atoms with Gasteiger partial charge in [-0.3, -0.25) is 4.79 Å². The number of piperidine rings is 1. The highest BCUT2D eigenvalue weighted by atomic mass is 19.4. The number of urea groups is 1. The molecule has 1 aliphatic carbocycles. The molecule has 1 atom stereocenters. The zero-order valence-electron chi connectivity index (χ0n) is 29.2. The average molecular weight is 720 g/mol. The number of carboxylic acids is 1. The fourth-order valence-corrected chi connectivity index (χ4v) is 7.09. The molecule has 3 N–H and O–H groups in total. The number of carbonyl (C=O) groups excluding carboxylic acids is 2. The van der Waals surface area contributed by atoms with Gasteiger partial charge in [0, 0.05) is 43.5 Å². The standard InChI is InChI=1S/C38H41F3N6O5/c1-24-23-28(13-14-31(25(24)2)45-19-21-46(22-20-45)36(51)43-30-12-8-7-11-29(30)35(49)50)42-34(48)32-33(38(39,40)41)44(3)37(52-32)47-17-15-27(16-18-47)26-9-5-4-6-10-26/h4-14,23,25,27H,15-22H2,1-3H3,(H2-,42,43,48,49,50,51)/p+1. The molecular formula is C38H42F3N6O5+. The van der Waals surface area contributed by atoms with Crippen LogP contribution in [0.1, 0.15) is 64.8 Å². The van der Waals surface area contributed by atoms with Crippen LogP contribution in [0.3, 0.4) is 0 Å². The van der Waals surface area contributed by atoms with Gasteiger partial charge < -0.3 is 30.0 Å². The topological polar surface area (TPSA) is 122 Å². The Morgan fingerprint density at radius 2 is 1.54 bits per heavy atom. The van der Waals surface area contributed by atoms with Crippen LogP contribution in [-0.4, -0.2) is 72.1 Å². The molecule has 3 heterocycles. The minimum Gasteiger partial charge on any atom is -0.478 e. The van der Waals surface area contributed by atoms with Crippen molar-refractivity contribution >= 4 is 29.6 Å². The number of allylic oxidation sites excluding steroid dienone is 4. The quantitative estimate of drug-likeness (QED) is 0.251. The van der Waals surface area contributed by atoms with Gasteiger partial charge in [-0.1, -0.05) is 55.0 Å². The molecule has 6 rings (SSSR count). The molecule has 2 aromatic carbocycles. The van der Waals surface area contributed by atoms with Crippen LogP contribution < -0.4 is 20.1 Å². The summed E-state index contributed by atoms with van der Waals surface area (Å²) in [6.45, 7) is 6.60. The van der Waals surface area contributed by atoms with Crippen molar-refractivity contribution in [1.82, 2.24) is 15.1 Å². The molecule has 14 heteroatoms. The smallest absolute Gasteiger partial charge is 0.457 e. The molecule has 0 spiro atoms. The van der Waals surface area contributed by atoms with Crippen LogP contribution in [0.2, 0.25) is 0 Å². The molecule has 274 valence electrons. The minimum absolute atomic E-state index is 0.000839. The van der Waals surface area contributed by atoms with Crippen molar-refractivity contribution in [3.63, 3.8) is 0 Å². The van der Waals surface area contributed by atoms with Gasteiger partial charge in [0.05, 0.1) is 31.4 Å². The highest BCUT2D eigenvalue weighted by Crippen LogP contribution is 2.35. The average Bonchev–Trinajstić information content (AvgIpc) is 3.43. The Balaban J connectivity index is 1.14. The number of amides is 3. The summed E-state index contributed by atoms with van der Waals surface area (Å²) in [5.41, 5.74) is 2.38. The first-order valence-electron chi connectivity index (χ1n) is 17.3. The van der Waals surface area contributed by atoms with Gasteiger partial charge in [-0.2, -0.15) is 17.7 Å². The van der Waals surface area contributed by atoms with Crippen LogP contribution in [-0.2, 0) is 13.2 Å². The van der Waals surface area contributed by atoms with Gasteiger partial charge in [-0.05, 0) is 61.6 Å². The molecule has 2 aliphatic heterocycles. The van der Waals surface area contributed by atoms with Crippen molar-refractivity contribution < 1.29 is 41.6 Å². The van der Waals surface area contributed by atoms with Gasteiger partial charge in [-0.25, -0.2) is 14.5 Å². The van der Waals surface area contributed by atoms with Gasteiger partial charge in [-0.15, -0.1) is 0 Å². The summed E-state index contributed by atoms with van der Waals surface area (Å²) in [5.74, 6) is -2.75. The van der Waals surface area contributed by atoms with Crippen LogP contribution in [0.25, 0.3) is 0 Å². The lowest BCUT2D eigenvalue weighted by Crippen LogP contribution is -2.50. The molecule has 52 heavy (non-hydrogen) atoms. The maximum Gasteiger partial charge on any atom is 0.457 e. The molecule has 11 nitrogen and oxygen atoms in total. The SMILES string of the molecule is CC1=CC(NC(=O)c2oc(N3CCC(c4ccccc4)CC3)[n+](C)c2C(F)(F)F)=CC=C(N2CCN(C(=O)Nc3ccccc3C(=O)O)CC2)C1C. The van der Waals surface area contributed by atoms with E-state index in [0.717, 1.165) is 28.7 Å². The number of benzene rings is 2. The number of anilines is 2. The van der Waals surface area contributed by atoms with Crippen molar-refractivity contribution in [1.29, 1.82) is 0 Å². The van der Waals surface area contributed by atoms with E-state index < -0.39 is 35.5 Å². The minimum atomic E-state index is -4.84. The summed E-state index contributed by atoms with van der Waals surface area (Å²) < 4.78 is 49.9. The zero-order valence-corrected chi connectivity index (χ0v) is 29.2. The number of rotatable bonds is 7.